The molecule has 0 fully saturated rings. The minimum atomic E-state index is 0.116. The number of halogens is 1. The first-order valence-electron chi connectivity index (χ1n) is 5.04. The molecule has 1 atom stereocenters. The van der Waals surface area contributed by atoms with Crippen molar-refractivity contribution in [2.45, 2.75) is 32.4 Å². The maximum atomic E-state index is 5.87. The van der Waals surface area contributed by atoms with Crippen molar-refractivity contribution in [1.29, 1.82) is 0 Å². The fourth-order valence-corrected chi connectivity index (χ4v) is 1.48. The molecule has 3 nitrogen and oxygen atoms in total. The fraction of sp³-hybridized carbons (Fsp3) is 0.545. The highest BCUT2D eigenvalue weighted by Gasteiger charge is 2.07. The van der Waals surface area contributed by atoms with E-state index in [0.29, 0.717) is 11.7 Å². The summed E-state index contributed by atoms with van der Waals surface area (Å²) in [6.45, 7) is 2.77. The minimum Gasteiger partial charge on any atom is -0.321 e. The lowest BCUT2D eigenvalue weighted by Gasteiger charge is -2.11. The van der Waals surface area contributed by atoms with Crippen molar-refractivity contribution >= 4 is 11.6 Å². The third kappa shape index (κ3) is 3.26. The first kappa shape index (κ1) is 12.1. The molecule has 82 valence electrons. The largest absolute Gasteiger partial charge is 0.321 e. The molecule has 4 heteroatoms. The molecule has 1 aromatic rings. The maximum Gasteiger partial charge on any atom is 0.128 e. The van der Waals surface area contributed by atoms with Crippen LogP contribution in [0.2, 0.25) is 5.15 Å². The van der Waals surface area contributed by atoms with E-state index in [4.69, 9.17) is 18.0 Å². The van der Waals surface area contributed by atoms with Crippen LogP contribution in [0.4, 0.5) is 0 Å². The van der Waals surface area contributed by atoms with Crippen molar-refractivity contribution < 1.29 is 0 Å². The first-order valence-corrected chi connectivity index (χ1v) is 5.42. The third-order valence-corrected chi connectivity index (χ3v) is 2.66. The summed E-state index contributed by atoms with van der Waals surface area (Å²) in [6, 6.07) is 0.116. The van der Waals surface area contributed by atoms with Gasteiger partial charge in [-0.25, -0.2) is 4.98 Å². The molecule has 1 heterocycles. The predicted molar refractivity (Wildman–Crippen MR) is 62.6 cm³/mol. The standard InChI is InChI=1S/C11H16ClN3/c1-4-6-9(5-2)13-8-11-14-7-10(12)15(11)3/h2,7,9,13H,4,6,8H2,1,3H3. The molecule has 0 bridgehead atoms. The monoisotopic (exact) mass is 225 g/mol. The van der Waals surface area contributed by atoms with Gasteiger partial charge in [-0.1, -0.05) is 30.9 Å². The van der Waals surface area contributed by atoms with E-state index in [0.717, 1.165) is 18.7 Å². The molecule has 0 aliphatic heterocycles. The van der Waals surface area contributed by atoms with Crippen LogP contribution in [-0.2, 0) is 13.6 Å². The van der Waals surface area contributed by atoms with Gasteiger partial charge >= 0.3 is 0 Å². The smallest absolute Gasteiger partial charge is 0.128 e. The molecule has 0 saturated heterocycles. The number of imidazole rings is 1. The molecule has 0 aliphatic rings. The van der Waals surface area contributed by atoms with E-state index in [1.165, 1.54) is 0 Å². The van der Waals surface area contributed by atoms with Gasteiger partial charge in [0.2, 0.25) is 0 Å². The summed E-state index contributed by atoms with van der Waals surface area (Å²) in [6.07, 6.45) is 9.10. The highest BCUT2D eigenvalue weighted by Crippen LogP contribution is 2.09. The van der Waals surface area contributed by atoms with Gasteiger partial charge in [0.05, 0.1) is 18.8 Å². The van der Waals surface area contributed by atoms with E-state index in [1.54, 1.807) is 6.20 Å². The van der Waals surface area contributed by atoms with Crippen molar-refractivity contribution in [3.63, 3.8) is 0 Å². The Morgan fingerprint density at radius 1 is 1.73 bits per heavy atom. The van der Waals surface area contributed by atoms with Crippen LogP contribution in [-0.4, -0.2) is 15.6 Å². The van der Waals surface area contributed by atoms with E-state index in [9.17, 15) is 0 Å². The van der Waals surface area contributed by atoms with Gasteiger partial charge in [-0.15, -0.1) is 6.42 Å². The summed E-state index contributed by atoms with van der Waals surface area (Å²) in [7, 11) is 1.89. The molecular formula is C11H16ClN3. The zero-order valence-corrected chi connectivity index (χ0v) is 9.88. The predicted octanol–water partition coefficient (Wildman–Crippen LogP) is 1.96. The molecule has 1 N–H and O–H groups in total. The molecule has 0 radical (unpaired) electrons. The van der Waals surface area contributed by atoms with Gasteiger partial charge in [0.15, 0.2) is 0 Å². The Balaban J connectivity index is 2.50. The Hall–Kier alpha value is -0.980. The van der Waals surface area contributed by atoms with Gasteiger partial charge < -0.3 is 4.57 Å². The Morgan fingerprint density at radius 3 is 2.93 bits per heavy atom. The lowest BCUT2D eigenvalue weighted by Crippen LogP contribution is -2.28. The molecule has 0 amide bonds. The molecule has 15 heavy (non-hydrogen) atoms. The highest BCUT2D eigenvalue weighted by atomic mass is 35.5. The summed E-state index contributed by atoms with van der Waals surface area (Å²) in [5.41, 5.74) is 0. The molecule has 1 aromatic heterocycles. The van der Waals surface area contributed by atoms with E-state index in [1.807, 2.05) is 11.6 Å². The van der Waals surface area contributed by atoms with Crippen molar-refractivity contribution in [3.05, 3.63) is 17.2 Å². The van der Waals surface area contributed by atoms with Gasteiger partial charge in [-0.05, 0) is 6.42 Å². The second-order valence-electron chi connectivity index (χ2n) is 3.44. The van der Waals surface area contributed by atoms with Crippen molar-refractivity contribution in [2.24, 2.45) is 7.05 Å². The normalized spacial score (nSPS) is 12.4. The molecular weight excluding hydrogens is 210 g/mol. The Bertz CT molecular complexity index is 351. The maximum absolute atomic E-state index is 5.87. The Kier molecular flexibility index (Phi) is 4.67. The zero-order chi connectivity index (χ0) is 11.3. The summed E-state index contributed by atoms with van der Waals surface area (Å²) in [4.78, 5) is 4.18. The van der Waals surface area contributed by atoms with Crippen molar-refractivity contribution in [3.8, 4) is 12.3 Å². The van der Waals surface area contributed by atoms with Crippen LogP contribution in [0.1, 0.15) is 25.6 Å². The molecule has 0 aromatic carbocycles. The van der Waals surface area contributed by atoms with Gasteiger partial charge in [-0.2, -0.15) is 0 Å². The van der Waals surface area contributed by atoms with Crippen LogP contribution < -0.4 is 5.32 Å². The van der Waals surface area contributed by atoms with Crippen LogP contribution in [0.15, 0.2) is 6.20 Å². The lowest BCUT2D eigenvalue weighted by atomic mass is 10.2. The number of rotatable bonds is 5. The van der Waals surface area contributed by atoms with Crippen LogP contribution in [0.5, 0.6) is 0 Å². The lowest BCUT2D eigenvalue weighted by molar-refractivity contribution is 0.543. The van der Waals surface area contributed by atoms with Crippen LogP contribution in [0, 0.1) is 12.3 Å². The van der Waals surface area contributed by atoms with Crippen LogP contribution in [0.3, 0.4) is 0 Å². The quantitative estimate of drug-likeness (QED) is 0.777. The number of hydrogen-bond donors (Lipinski definition) is 1. The average Bonchev–Trinajstić information content (AvgIpc) is 2.55. The molecule has 1 rings (SSSR count). The van der Waals surface area contributed by atoms with Crippen LogP contribution in [0.25, 0.3) is 0 Å². The van der Waals surface area contributed by atoms with Gasteiger partial charge in [0, 0.05) is 7.05 Å². The van der Waals surface area contributed by atoms with Gasteiger partial charge in [0.25, 0.3) is 0 Å². The Morgan fingerprint density at radius 2 is 2.47 bits per heavy atom. The SMILES string of the molecule is C#CC(CCC)NCc1ncc(Cl)n1C. The van der Waals surface area contributed by atoms with E-state index in [-0.39, 0.29) is 6.04 Å². The van der Waals surface area contributed by atoms with E-state index >= 15 is 0 Å². The van der Waals surface area contributed by atoms with Gasteiger partial charge in [-0.3, -0.25) is 5.32 Å². The Labute approximate surface area is 95.8 Å². The van der Waals surface area contributed by atoms with E-state index in [2.05, 4.69) is 23.1 Å². The molecule has 0 saturated carbocycles. The minimum absolute atomic E-state index is 0.116. The third-order valence-electron chi connectivity index (χ3n) is 2.31. The molecule has 0 spiro atoms. The summed E-state index contributed by atoms with van der Waals surface area (Å²) in [5, 5.41) is 3.90. The number of nitrogens with zero attached hydrogens (tertiary/aromatic N) is 2. The summed E-state index contributed by atoms with van der Waals surface area (Å²) in [5.74, 6) is 3.62. The molecule has 0 aliphatic carbocycles. The topological polar surface area (TPSA) is 29.9 Å². The highest BCUT2D eigenvalue weighted by molar-refractivity contribution is 6.29. The first-order chi connectivity index (χ1) is 7.19. The van der Waals surface area contributed by atoms with Gasteiger partial charge in [0.1, 0.15) is 11.0 Å². The second kappa shape index (κ2) is 5.79. The number of terminal acetylenes is 1. The van der Waals surface area contributed by atoms with Crippen LogP contribution >= 0.6 is 11.6 Å². The van der Waals surface area contributed by atoms with Crippen molar-refractivity contribution in [2.75, 3.05) is 0 Å². The zero-order valence-electron chi connectivity index (χ0n) is 9.13. The summed E-state index contributed by atoms with van der Waals surface area (Å²) >= 11 is 5.87. The number of aromatic nitrogens is 2. The number of nitrogens with one attached hydrogen (secondary N) is 1. The van der Waals surface area contributed by atoms with Crippen molar-refractivity contribution in [1.82, 2.24) is 14.9 Å². The molecule has 1 unspecified atom stereocenters. The fourth-order valence-electron chi connectivity index (χ4n) is 1.34. The number of hydrogen-bond acceptors (Lipinski definition) is 2. The van der Waals surface area contributed by atoms with E-state index < -0.39 is 0 Å². The average molecular weight is 226 g/mol. The second-order valence-corrected chi connectivity index (χ2v) is 3.83. The summed E-state index contributed by atoms with van der Waals surface area (Å²) < 4.78 is 1.84.